The Morgan fingerprint density at radius 2 is 1.86 bits per heavy atom. The SMILES string of the molecule is CCOC(=O)CC(C)CC(N)c1ccc(CC)c(CC)c1. The van der Waals surface area contributed by atoms with E-state index >= 15 is 0 Å². The fourth-order valence-electron chi connectivity index (χ4n) is 2.71. The van der Waals surface area contributed by atoms with Gasteiger partial charge in [-0.3, -0.25) is 4.79 Å². The van der Waals surface area contributed by atoms with Gasteiger partial charge in [-0.2, -0.15) is 0 Å². The number of hydrogen-bond acceptors (Lipinski definition) is 3. The lowest BCUT2D eigenvalue weighted by Crippen LogP contribution is -2.17. The molecule has 0 saturated carbocycles. The van der Waals surface area contributed by atoms with Crippen molar-refractivity contribution in [2.24, 2.45) is 11.7 Å². The van der Waals surface area contributed by atoms with E-state index in [1.165, 1.54) is 16.7 Å². The van der Waals surface area contributed by atoms with E-state index in [0.29, 0.717) is 13.0 Å². The third-order valence-electron chi connectivity index (χ3n) is 3.90. The molecule has 1 rings (SSSR count). The van der Waals surface area contributed by atoms with E-state index in [9.17, 15) is 4.79 Å². The van der Waals surface area contributed by atoms with E-state index in [0.717, 1.165) is 19.3 Å². The summed E-state index contributed by atoms with van der Waals surface area (Å²) in [5.41, 5.74) is 10.2. The van der Waals surface area contributed by atoms with Gasteiger partial charge in [0.1, 0.15) is 0 Å². The second kappa shape index (κ2) is 8.83. The van der Waals surface area contributed by atoms with Gasteiger partial charge in [0.15, 0.2) is 0 Å². The molecule has 3 nitrogen and oxygen atoms in total. The molecule has 118 valence electrons. The van der Waals surface area contributed by atoms with Crippen molar-refractivity contribution >= 4 is 5.97 Å². The van der Waals surface area contributed by atoms with Crippen molar-refractivity contribution in [3.8, 4) is 0 Å². The van der Waals surface area contributed by atoms with Gasteiger partial charge < -0.3 is 10.5 Å². The number of esters is 1. The molecule has 0 bridgehead atoms. The monoisotopic (exact) mass is 291 g/mol. The number of hydrogen-bond donors (Lipinski definition) is 1. The van der Waals surface area contributed by atoms with Crippen molar-refractivity contribution in [1.29, 1.82) is 0 Å². The van der Waals surface area contributed by atoms with Gasteiger partial charge >= 0.3 is 5.97 Å². The third kappa shape index (κ3) is 5.50. The van der Waals surface area contributed by atoms with Crippen molar-refractivity contribution in [2.45, 2.75) is 59.4 Å². The van der Waals surface area contributed by atoms with Crippen molar-refractivity contribution in [1.82, 2.24) is 0 Å². The first kappa shape index (κ1) is 17.7. The molecule has 0 heterocycles. The van der Waals surface area contributed by atoms with Gasteiger partial charge in [0.2, 0.25) is 0 Å². The van der Waals surface area contributed by atoms with Crippen LogP contribution in [-0.2, 0) is 22.4 Å². The number of nitrogens with two attached hydrogens (primary N) is 1. The number of ether oxygens (including phenoxy) is 1. The van der Waals surface area contributed by atoms with Gasteiger partial charge in [0, 0.05) is 12.5 Å². The molecule has 0 spiro atoms. The van der Waals surface area contributed by atoms with Gasteiger partial charge in [0.25, 0.3) is 0 Å². The van der Waals surface area contributed by atoms with Crippen LogP contribution in [0.1, 0.15) is 63.3 Å². The Labute approximate surface area is 128 Å². The maximum atomic E-state index is 11.5. The van der Waals surface area contributed by atoms with Crippen LogP contribution in [0.2, 0.25) is 0 Å². The molecule has 0 aliphatic heterocycles. The Bertz CT molecular complexity index is 457. The zero-order chi connectivity index (χ0) is 15.8. The van der Waals surface area contributed by atoms with Crippen LogP contribution >= 0.6 is 0 Å². The average molecular weight is 291 g/mol. The summed E-state index contributed by atoms with van der Waals surface area (Å²) in [4.78, 5) is 11.5. The summed E-state index contributed by atoms with van der Waals surface area (Å²) < 4.78 is 4.99. The largest absolute Gasteiger partial charge is 0.466 e. The molecule has 0 amide bonds. The minimum absolute atomic E-state index is 0.0226. The molecule has 2 unspecified atom stereocenters. The first-order chi connectivity index (χ1) is 10.0. The summed E-state index contributed by atoms with van der Waals surface area (Å²) in [5, 5.41) is 0. The van der Waals surface area contributed by atoms with Crippen LogP contribution in [0, 0.1) is 5.92 Å². The highest BCUT2D eigenvalue weighted by Crippen LogP contribution is 2.24. The highest BCUT2D eigenvalue weighted by molar-refractivity contribution is 5.69. The molecule has 1 aromatic carbocycles. The second-order valence-electron chi connectivity index (χ2n) is 5.69. The van der Waals surface area contributed by atoms with Crippen LogP contribution in [0.4, 0.5) is 0 Å². The van der Waals surface area contributed by atoms with E-state index in [1.54, 1.807) is 0 Å². The molecular formula is C18H29NO2. The number of carbonyl (C=O) groups excluding carboxylic acids is 1. The van der Waals surface area contributed by atoms with Gasteiger partial charge in [-0.25, -0.2) is 0 Å². The van der Waals surface area contributed by atoms with E-state index in [4.69, 9.17) is 10.5 Å². The molecule has 0 aliphatic rings. The van der Waals surface area contributed by atoms with E-state index in [-0.39, 0.29) is 17.9 Å². The summed E-state index contributed by atoms with van der Waals surface area (Å²) in [7, 11) is 0. The van der Waals surface area contributed by atoms with Crippen LogP contribution in [0.15, 0.2) is 18.2 Å². The summed E-state index contributed by atoms with van der Waals surface area (Å²) in [6, 6.07) is 6.51. The fraction of sp³-hybridized carbons (Fsp3) is 0.611. The Hall–Kier alpha value is -1.35. The van der Waals surface area contributed by atoms with Crippen LogP contribution in [0.5, 0.6) is 0 Å². The topological polar surface area (TPSA) is 52.3 Å². The molecule has 0 fully saturated rings. The number of rotatable bonds is 8. The number of aryl methyl sites for hydroxylation is 2. The Morgan fingerprint density at radius 3 is 2.43 bits per heavy atom. The quantitative estimate of drug-likeness (QED) is 0.741. The van der Waals surface area contributed by atoms with Gasteiger partial charge in [-0.1, -0.05) is 39.0 Å². The lowest BCUT2D eigenvalue weighted by Gasteiger charge is -2.18. The van der Waals surface area contributed by atoms with Gasteiger partial charge in [-0.05, 0) is 48.8 Å². The smallest absolute Gasteiger partial charge is 0.306 e. The van der Waals surface area contributed by atoms with Crippen LogP contribution in [-0.4, -0.2) is 12.6 Å². The molecule has 2 N–H and O–H groups in total. The number of benzene rings is 1. The maximum Gasteiger partial charge on any atom is 0.306 e. The lowest BCUT2D eigenvalue weighted by molar-refractivity contribution is -0.144. The van der Waals surface area contributed by atoms with E-state index in [1.807, 2.05) is 6.92 Å². The minimum Gasteiger partial charge on any atom is -0.466 e. The molecular weight excluding hydrogens is 262 g/mol. The molecule has 3 heteroatoms. The summed E-state index contributed by atoms with van der Waals surface area (Å²) in [6.07, 6.45) is 3.32. The minimum atomic E-state index is -0.132. The summed E-state index contributed by atoms with van der Waals surface area (Å²) >= 11 is 0. The van der Waals surface area contributed by atoms with Crippen molar-refractivity contribution in [3.05, 3.63) is 34.9 Å². The molecule has 1 aromatic rings. The molecule has 0 aromatic heterocycles. The third-order valence-corrected chi connectivity index (χ3v) is 3.90. The standard InChI is InChI=1S/C18H29NO2/c1-5-14-8-9-16(12-15(14)6-2)17(19)10-13(4)11-18(20)21-7-3/h8-9,12-13,17H,5-7,10-11,19H2,1-4H3. The fourth-order valence-corrected chi connectivity index (χ4v) is 2.71. The molecule has 21 heavy (non-hydrogen) atoms. The molecule has 0 saturated heterocycles. The predicted molar refractivity (Wildman–Crippen MR) is 87.2 cm³/mol. The molecule has 0 aliphatic carbocycles. The van der Waals surface area contributed by atoms with Crippen molar-refractivity contribution < 1.29 is 9.53 Å². The first-order valence-electron chi connectivity index (χ1n) is 8.04. The Kier molecular flexibility index (Phi) is 7.44. The normalized spacial score (nSPS) is 13.8. The maximum absolute atomic E-state index is 11.5. The highest BCUT2D eigenvalue weighted by atomic mass is 16.5. The Morgan fingerprint density at radius 1 is 1.19 bits per heavy atom. The van der Waals surface area contributed by atoms with Gasteiger partial charge in [0.05, 0.1) is 6.61 Å². The first-order valence-corrected chi connectivity index (χ1v) is 8.04. The lowest BCUT2D eigenvalue weighted by atomic mass is 9.91. The highest BCUT2D eigenvalue weighted by Gasteiger charge is 2.16. The Balaban J connectivity index is 2.66. The van der Waals surface area contributed by atoms with Crippen LogP contribution < -0.4 is 5.73 Å². The zero-order valence-electron chi connectivity index (χ0n) is 13.8. The average Bonchev–Trinajstić information content (AvgIpc) is 2.46. The second-order valence-corrected chi connectivity index (χ2v) is 5.69. The predicted octanol–water partition coefficient (Wildman–Crippen LogP) is 3.79. The van der Waals surface area contributed by atoms with Crippen molar-refractivity contribution in [2.75, 3.05) is 6.61 Å². The summed E-state index contributed by atoms with van der Waals surface area (Å²) in [6.45, 7) is 8.67. The van der Waals surface area contributed by atoms with E-state index < -0.39 is 0 Å². The number of carbonyl (C=O) groups is 1. The van der Waals surface area contributed by atoms with Crippen molar-refractivity contribution in [3.63, 3.8) is 0 Å². The summed E-state index contributed by atoms with van der Waals surface area (Å²) in [5.74, 6) is 0.0998. The molecule has 2 atom stereocenters. The molecule has 0 radical (unpaired) electrons. The van der Waals surface area contributed by atoms with Crippen LogP contribution in [0.3, 0.4) is 0 Å². The van der Waals surface area contributed by atoms with Gasteiger partial charge in [-0.15, -0.1) is 0 Å². The zero-order valence-corrected chi connectivity index (χ0v) is 13.8. The van der Waals surface area contributed by atoms with E-state index in [2.05, 4.69) is 39.0 Å². The van der Waals surface area contributed by atoms with Crippen LogP contribution in [0.25, 0.3) is 0 Å².